The highest BCUT2D eigenvalue weighted by Gasteiger charge is 2.24. The Morgan fingerprint density at radius 3 is 2.02 bits per heavy atom. The van der Waals surface area contributed by atoms with Gasteiger partial charge in [-0.2, -0.15) is 0 Å². The van der Waals surface area contributed by atoms with Gasteiger partial charge in [-0.05, 0) is 91.6 Å². The molecule has 0 aromatic heterocycles. The lowest BCUT2D eigenvalue weighted by atomic mass is 9.90. The van der Waals surface area contributed by atoms with Gasteiger partial charge in [-0.15, -0.1) is 0 Å². The largest absolute Gasteiger partial charge is 0.507 e. The standard InChI is InChI=1S/C35H31NO9/c1-19-12-22(35(41)36(17-31(38)42-4)18-32(39)43-5)6-9-26(19)33-27-10-7-23(37)15-29(27)45-30-16-24(8-11-28(30)33)44-25-13-20(2)34(40)21(3)14-25/h6-16,40H,17-18H2,1-5H3. The van der Waals surface area contributed by atoms with E-state index in [1.54, 1.807) is 62.4 Å². The van der Waals surface area contributed by atoms with Crippen LogP contribution in [0.5, 0.6) is 17.2 Å². The molecule has 10 heteroatoms. The van der Waals surface area contributed by atoms with Crippen molar-refractivity contribution in [1.82, 2.24) is 4.90 Å². The lowest BCUT2D eigenvalue weighted by Crippen LogP contribution is -2.40. The van der Waals surface area contributed by atoms with Gasteiger partial charge in [-0.25, -0.2) is 0 Å². The van der Waals surface area contributed by atoms with Crippen LogP contribution in [0.4, 0.5) is 0 Å². The minimum Gasteiger partial charge on any atom is -0.507 e. The average molecular weight is 610 g/mol. The van der Waals surface area contributed by atoms with E-state index in [9.17, 15) is 24.3 Å². The number of aryl methyl sites for hydroxylation is 3. The minimum atomic E-state index is -0.677. The number of rotatable bonds is 8. The second-order valence-corrected chi connectivity index (χ2v) is 10.6. The fourth-order valence-corrected chi connectivity index (χ4v) is 5.22. The van der Waals surface area contributed by atoms with Crippen LogP contribution in [0.3, 0.4) is 0 Å². The number of hydrogen-bond acceptors (Lipinski definition) is 9. The third kappa shape index (κ3) is 6.35. The van der Waals surface area contributed by atoms with Crippen molar-refractivity contribution < 1.29 is 38.1 Å². The molecule has 1 heterocycles. The fourth-order valence-electron chi connectivity index (χ4n) is 5.22. The molecule has 1 amide bonds. The third-order valence-electron chi connectivity index (χ3n) is 7.49. The Balaban J connectivity index is 1.59. The Hall–Kier alpha value is -5.64. The predicted molar refractivity (Wildman–Crippen MR) is 167 cm³/mol. The number of carbonyl (C=O) groups excluding carboxylic acids is 3. The van der Waals surface area contributed by atoms with Crippen molar-refractivity contribution >= 4 is 28.8 Å². The van der Waals surface area contributed by atoms with Gasteiger partial charge in [-0.1, -0.05) is 6.07 Å². The third-order valence-corrected chi connectivity index (χ3v) is 7.49. The van der Waals surface area contributed by atoms with Crippen molar-refractivity contribution in [2.24, 2.45) is 0 Å². The molecular weight excluding hydrogens is 578 g/mol. The topological polar surface area (TPSA) is 133 Å². The zero-order valence-electron chi connectivity index (χ0n) is 25.4. The summed E-state index contributed by atoms with van der Waals surface area (Å²) in [5.41, 5.74) is 4.87. The number of fused-ring (bicyclic) bond motifs is 2. The normalized spacial score (nSPS) is 11.0. The van der Waals surface area contributed by atoms with Crippen molar-refractivity contribution in [1.29, 1.82) is 0 Å². The molecule has 1 N–H and O–H groups in total. The molecule has 0 radical (unpaired) electrons. The van der Waals surface area contributed by atoms with Crippen LogP contribution >= 0.6 is 0 Å². The van der Waals surface area contributed by atoms with E-state index in [0.29, 0.717) is 39.5 Å². The summed E-state index contributed by atoms with van der Waals surface area (Å²) in [6.07, 6.45) is 0. The number of aromatic hydroxyl groups is 1. The van der Waals surface area contributed by atoms with Crippen molar-refractivity contribution in [2.45, 2.75) is 20.8 Å². The van der Waals surface area contributed by atoms with Gasteiger partial charge in [0.05, 0.1) is 14.2 Å². The molecule has 0 unspecified atom stereocenters. The van der Waals surface area contributed by atoms with Crippen LogP contribution in [0.1, 0.15) is 27.0 Å². The highest BCUT2D eigenvalue weighted by atomic mass is 16.5. The van der Waals surface area contributed by atoms with Crippen LogP contribution in [0.15, 0.2) is 75.9 Å². The zero-order chi connectivity index (χ0) is 32.4. The minimum absolute atomic E-state index is 0.211. The summed E-state index contributed by atoms with van der Waals surface area (Å²) < 4.78 is 21.7. The Kier molecular flexibility index (Phi) is 8.58. The molecule has 45 heavy (non-hydrogen) atoms. The van der Waals surface area contributed by atoms with E-state index in [0.717, 1.165) is 27.0 Å². The van der Waals surface area contributed by atoms with Crippen molar-refractivity contribution in [3.63, 3.8) is 0 Å². The number of nitrogens with zero attached hydrogens (tertiary/aromatic N) is 1. The van der Waals surface area contributed by atoms with Crippen LogP contribution in [0.25, 0.3) is 33.4 Å². The Bertz CT molecular complexity index is 1950. The van der Waals surface area contributed by atoms with E-state index in [1.165, 1.54) is 26.4 Å². The Morgan fingerprint density at radius 2 is 1.40 bits per heavy atom. The van der Waals surface area contributed by atoms with Crippen LogP contribution in [0.2, 0.25) is 0 Å². The Morgan fingerprint density at radius 1 is 0.756 bits per heavy atom. The number of benzene rings is 4. The van der Waals surface area contributed by atoms with E-state index in [2.05, 4.69) is 0 Å². The number of amides is 1. The quantitative estimate of drug-likeness (QED) is 0.172. The smallest absolute Gasteiger partial charge is 0.325 e. The number of phenols is 1. The van der Waals surface area contributed by atoms with Crippen LogP contribution < -0.4 is 10.2 Å². The highest BCUT2D eigenvalue weighted by molar-refractivity contribution is 6.04. The van der Waals surface area contributed by atoms with E-state index in [-0.39, 0.29) is 16.7 Å². The molecule has 2 aliphatic rings. The molecule has 1 aliphatic heterocycles. The summed E-state index contributed by atoms with van der Waals surface area (Å²) >= 11 is 0. The lowest BCUT2D eigenvalue weighted by Gasteiger charge is -2.21. The monoisotopic (exact) mass is 609 g/mol. The number of methoxy groups -OCH3 is 2. The zero-order valence-corrected chi connectivity index (χ0v) is 25.4. The Labute approximate surface area is 258 Å². The van der Waals surface area contributed by atoms with Gasteiger partial charge in [0.15, 0.2) is 5.43 Å². The highest BCUT2D eigenvalue weighted by Crippen LogP contribution is 2.42. The number of carbonyl (C=O) groups is 3. The summed E-state index contributed by atoms with van der Waals surface area (Å²) in [7, 11) is 2.39. The first-order valence-electron chi connectivity index (χ1n) is 14.0. The lowest BCUT2D eigenvalue weighted by molar-refractivity contribution is -0.144. The summed E-state index contributed by atoms with van der Waals surface area (Å²) in [5, 5.41) is 10.9. The molecule has 0 saturated heterocycles. The summed E-state index contributed by atoms with van der Waals surface area (Å²) in [4.78, 5) is 50.7. The van der Waals surface area contributed by atoms with Crippen molar-refractivity contribution in [3.8, 4) is 39.7 Å². The molecule has 3 aromatic carbocycles. The summed E-state index contributed by atoms with van der Waals surface area (Å²) in [6.45, 7) is 4.58. The van der Waals surface area contributed by atoms with Crippen molar-refractivity contribution in [3.05, 3.63) is 99.2 Å². The van der Waals surface area contributed by atoms with Crippen molar-refractivity contribution in [2.75, 3.05) is 27.3 Å². The van der Waals surface area contributed by atoms with Gasteiger partial charge in [0.25, 0.3) is 5.91 Å². The van der Waals surface area contributed by atoms with E-state index < -0.39 is 30.9 Å². The molecule has 0 spiro atoms. The molecule has 0 bridgehead atoms. The van der Waals surface area contributed by atoms with Gasteiger partial charge in [-0.3, -0.25) is 19.2 Å². The molecule has 0 fully saturated rings. The summed E-state index contributed by atoms with van der Waals surface area (Å²) in [6, 6.07) is 18.5. The maximum atomic E-state index is 13.4. The van der Waals surface area contributed by atoms with Gasteiger partial charge in [0.1, 0.15) is 41.7 Å². The van der Waals surface area contributed by atoms with Crippen LogP contribution in [-0.2, 0) is 19.1 Å². The first-order chi connectivity index (χ1) is 21.5. The van der Waals surface area contributed by atoms with Crippen LogP contribution in [0, 0.1) is 20.8 Å². The van der Waals surface area contributed by atoms with Gasteiger partial charge < -0.3 is 28.6 Å². The van der Waals surface area contributed by atoms with Crippen LogP contribution in [-0.4, -0.2) is 55.2 Å². The number of phenolic OH excluding ortho intramolecular Hbond substituents is 1. The molecule has 0 saturated carbocycles. The second kappa shape index (κ2) is 12.5. The first-order valence-corrected chi connectivity index (χ1v) is 14.0. The fraction of sp³-hybridized carbons (Fsp3) is 0.200. The van der Waals surface area contributed by atoms with E-state index >= 15 is 0 Å². The number of ether oxygens (including phenoxy) is 3. The van der Waals surface area contributed by atoms with E-state index in [1.807, 2.05) is 13.0 Å². The molecule has 3 aromatic rings. The van der Waals surface area contributed by atoms with E-state index in [4.69, 9.17) is 18.6 Å². The molecule has 230 valence electrons. The molecule has 10 nitrogen and oxygen atoms in total. The molecule has 5 rings (SSSR count). The molecular formula is C35H31NO9. The SMILES string of the molecule is COC(=O)CN(CC(=O)OC)C(=O)c1ccc(-c2c3ccc(=O)cc-3oc3cc(Oc4cc(C)c(O)c(C)c4)ccc23)c(C)c1. The average Bonchev–Trinajstić information content (AvgIpc) is 3.01. The van der Waals surface area contributed by atoms with Gasteiger partial charge in [0.2, 0.25) is 0 Å². The van der Waals surface area contributed by atoms with Gasteiger partial charge in [0, 0.05) is 34.2 Å². The van der Waals surface area contributed by atoms with Gasteiger partial charge >= 0.3 is 11.9 Å². The summed E-state index contributed by atoms with van der Waals surface area (Å²) in [5.74, 6) is -0.270. The number of hydrogen-bond donors (Lipinski definition) is 1. The first kappa shape index (κ1) is 30.8. The number of esters is 2. The molecule has 1 aliphatic carbocycles. The maximum absolute atomic E-state index is 13.4. The second-order valence-electron chi connectivity index (χ2n) is 10.6. The predicted octanol–water partition coefficient (Wildman–Crippen LogP) is 5.78. The maximum Gasteiger partial charge on any atom is 0.325 e. The molecule has 0 atom stereocenters.